The molecule has 76 valence electrons. The van der Waals surface area contributed by atoms with Crippen LogP contribution in [0.15, 0.2) is 18.2 Å². The summed E-state index contributed by atoms with van der Waals surface area (Å²) in [6.07, 6.45) is 0. The van der Waals surface area contributed by atoms with Crippen molar-refractivity contribution in [2.45, 2.75) is 26.4 Å². The van der Waals surface area contributed by atoms with Crippen molar-refractivity contribution in [3.63, 3.8) is 0 Å². The van der Waals surface area contributed by atoms with E-state index in [0.29, 0.717) is 5.56 Å². The fraction of sp³-hybridized carbons (Fsp3) is 0.364. The van der Waals surface area contributed by atoms with Gasteiger partial charge in [0.15, 0.2) is 0 Å². The van der Waals surface area contributed by atoms with Crippen LogP contribution in [0.4, 0.5) is 0 Å². The maximum absolute atomic E-state index is 11.2. The highest BCUT2D eigenvalue weighted by Crippen LogP contribution is 2.23. The van der Waals surface area contributed by atoms with Crippen LogP contribution in [-0.4, -0.2) is 8.90 Å². The van der Waals surface area contributed by atoms with Gasteiger partial charge in [-0.05, 0) is 38.5 Å². The van der Waals surface area contributed by atoms with Crippen LogP contribution in [0, 0.1) is 6.92 Å². The quantitative estimate of drug-likeness (QED) is 0.674. The van der Waals surface area contributed by atoms with Crippen molar-refractivity contribution < 1.29 is 9.90 Å². The summed E-state index contributed by atoms with van der Waals surface area (Å²) in [4.78, 5) is 11.2. The van der Waals surface area contributed by atoms with E-state index in [1.165, 1.54) is 0 Å². The van der Waals surface area contributed by atoms with Gasteiger partial charge < -0.3 is 5.11 Å². The van der Waals surface area contributed by atoms with Gasteiger partial charge in [-0.25, -0.2) is 0 Å². The molecule has 0 amide bonds. The van der Waals surface area contributed by atoms with Crippen LogP contribution in [0.25, 0.3) is 0 Å². The van der Waals surface area contributed by atoms with Gasteiger partial charge in [0, 0.05) is 28.2 Å². The van der Waals surface area contributed by atoms with E-state index in [-0.39, 0.29) is 3.79 Å². The molecule has 0 aromatic heterocycles. The summed E-state index contributed by atoms with van der Waals surface area (Å²) in [5.74, 6) is 0. The fourth-order valence-corrected chi connectivity index (χ4v) is 1.56. The number of rotatable bonds is 2. The first-order valence-electron chi connectivity index (χ1n) is 4.35. The SMILES string of the molecule is Cc1cc(C(=O)I)cc(C(C)(C)O)c1. The zero-order chi connectivity index (χ0) is 10.9. The molecule has 0 saturated carbocycles. The van der Waals surface area contributed by atoms with Crippen molar-refractivity contribution in [1.82, 2.24) is 0 Å². The topological polar surface area (TPSA) is 37.3 Å². The van der Waals surface area contributed by atoms with Gasteiger partial charge in [-0.15, -0.1) is 0 Å². The molecule has 0 heterocycles. The van der Waals surface area contributed by atoms with Gasteiger partial charge in [-0.2, -0.15) is 0 Å². The molecule has 0 radical (unpaired) electrons. The predicted octanol–water partition coefficient (Wildman–Crippen LogP) is 2.80. The van der Waals surface area contributed by atoms with E-state index in [0.717, 1.165) is 11.1 Å². The summed E-state index contributed by atoms with van der Waals surface area (Å²) in [6.45, 7) is 5.34. The third kappa shape index (κ3) is 2.78. The average Bonchev–Trinajstić information content (AvgIpc) is 2.01. The smallest absolute Gasteiger partial charge is 0.222 e. The van der Waals surface area contributed by atoms with Gasteiger partial charge in [-0.3, -0.25) is 4.79 Å². The number of halogens is 1. The van der Waals surface area contributed by atoms with Gasteiger partial charge in [-0.1, -0.05) is 11.6 Å². The van der Waals surface area contributed by atoms with Crippen molar-refractivity contribution in [3.8, 4) is 0 Å². The molecule has 0 fully saturated rings. The number of aryl methyl sites for hydroxylation is 1. The normalized spacial score (nSPS) is 11.5. The summed E-state index contributed by atoms with van der Waals surface area (Å²) in [6, 6.07) is 5.45. The number of carbonyl (C=O) groups excluding carboxylic acids is 1. The average molecular weight is 304 g/mol. The Hall–Kier alpha value is -0.420. The first-order chi connectivity index (χ1) is 6.30. The number of carbonyl (C=O) groups is 1. The Morgan fingerprint density at radius 2 is 1.93 bits per heavy atom. The second-order valence-electron chi connectivity index (χ2n) is 3.92. The summed E-state index contributed by atoms with van der Waals surface area (Å²) in [5.41, 5.74) is 1.51. The Bertz CT molecular complexity index is 364. The lowest BCUT2D eigenvalue weighted by Gasteiger charge is -2.18. The lowest BCUT2D eigenvalue weighted by Crippen LogP contribution is -2.16. The van der Waals surface area contributed by atoms with Crippen LogP contribution in [0.1, 0.15) is 35.3 Å². The van der Waals surface area contributed by atoms with Crippen molar-refractivity contribution >= 4 is 26.4 Å². The Balaban J connectivity index is 3.28. The highest BCUT2D eigenvalue weighted by Gasteiger charge is 2.17. The Kier molecular flexibility index (Phi) is 3.32. The van der Waals surface area contributed by atoms with Crippen LogP contribution in [-0.2, 0) is 5.60 Å². The molecule has 0 bridgehead atoms. The van der Waals surface area contributed by atoms with Gasteiger partial charge >= 0.3 is 0 Å². The molecular formula is C11H13IO2. The molecule has 1 aromatic carbocycles. The van der Waals surface area contributed by atoms with E-state index < -0.39 is 5.60 Å². The monoisotopic (exact) mass is 304 g/mol. The maximum Gasteiger partial charge on any atom is 0.222 e. The highest BCUT2D eigenvalue weighted by atomic mass is 127. The largest absolute Gasteiger partial charge is 0.386 e. The number of benzene rings is 1. The lowest BCUT2D eigenvalue weighted by molar-refractivity contribution is 0.0784. The number of hydrogen-bond acceptors (Lipinski definition) is 2. The molecule has 0 unspecified atom stereocenters. The third-order valence-electron chi connectivity index (χ3n) is 2.01. The zero-order valence-corrected chi connectivity index (χ0v) is 10.6. The van der Waals surface area contributed by atoms with Crippen molar-refractivity contribution in [2.24, 2.45) is 0 Å². The first-order valence-corrected chi connectivity index (χ1v) is 5.43. The second kappa shape index (κ2) is 3.98. The van der Waals surface area contributed by atoms with Gasteiger partial charge in [0.2, 0.25) is 3.79 Å². The summed E-state index contributed by atoms with van der Waals surface area (Å²) in [5, 5.41) is 9.81. The molecule has 0 spiro atoms. The Labute approximate surface area is 97.5 Å². The standard InChI is InChI=1S/C11H13IO2/c1-7-4-8(10(12)13)6-9(5-7)11(2,3)14/h4-6,14H,1-3H3. The molecule has 14 heavy (non-hydrogen) atoms. The number of hydrogen-bond donors (Lipinski definition) is 1. The van der Waals surface area contributed by atoms with E-state index in [9.17, 15) is 9.90 Å². The molecule has 0 aliphatic heterocycles. The number of aliphatic hydroxyl groups is 1. The van der Waals surface area contributed by atoms with Crippen LogP contribution in [0.2, 0.25) is 0 Å². The Morgan fingerprint density at radius 3 is 2.36 bits per heavy atom. The summed E-state index contributed by atoms with van der Waals surface area (Å²) >= 11 is 1.75. The lowest BCUT2D eigenvalue weighted by atomic mass is 9.95. The molecule has 0 saturated heterocycles. The van der Waals surface area contributed by atoms with Gasteiger partial charge in [0.1, 0.15) is 0 Å². The second-order valence-corrected chi connectivity index (χ2v) is 4.90. The molecule has 0 aliphatic rings. The molecular weight excluding hydrogens is 291 g/mol. The molecule has 1 rings (SSSR count). The van der Waals surface area contributed by atoms with Crippen molar-refractivity contribution in [3.05, 3.63) is 34.9 Å². The predicted molar refractivity (Wildman–Crippen MR) is 64.8 cm³/mol. The van der Waals surface area contributed by atoms with E-state index in [1.807, 2.05) is 19.1 Å². The Morgan fingerprint density at radius 1 is 1.36 bits per heavy atom. The van der Waals surface area contributed by atoms with Crippen LogP contribution < -0.4 is 0 Å². The van der Waals surface area contributed by atoms with Crippen molar-refractivity contribution in [1.29, 1.82) is 0 Å². The minimum Gasteiger partial charge on any atom is -0.386 e. The van der Waals surface area contributed by atoms with Crippen molar-refractivity contribution in [2.75, 3.05) is 0 Å². The van der Waals surface area contributed by atoms with E-state index >= 15 is 0 Å². The third-order valence-corrected chi connectivity index (χ3v) is 2.63. The summed E-state index contributed by atoms with van der Waals surface area (Å²) in [7, 11) is 0. The molecule has 1 aromatic rings. The molecule has 0 atom stereocenters. The molecule has 2 nitrogen and oxygen atoms in total. The fourth-order valence-electron chi connectivity index (χ4n) is 1.25. The maximum atomic E-state index is 11.2. The van der Waals surface area contributed by atoms with E-state index in [2.05, 4.69) is 0 Å². The van der Waals surface area contributed by atoms with Crippen LogP contribution in [0.3, 0.4) is 0 Å². The van der Waals surface area contributed by atoms with E-state index in [1.54, 1.807) is 42.5 Å². The minimum absolute atomic E-state index is 0.00296. The zero-order valence-electron chi connectivity index (χ0n) is 8.47. The highest BCUT2D eigenvalue weighted by molar-refractivity contribution is 14.1. The first kappa shape index (κ1) is 11.7. The molecule has 1 N–H and O–H groups in total. The van der Waals surface area contributed by atoms with Crippen LogP contribution >= 0.6 is 22.6 Å². The van der Waals surface area contributed by atoms with E-state index in [4.69, 9.17) is 0 Å². The van der Waals surface area contributed by atoms with Gasteiger partial charge in [0.25, 0.3) is 0 Å². The minimum atomic E-state index is -0.896. The molecule has 3 heteroatoms. The van der Waals surface area contributed by atoms with Crippen LogP contribution in [0.5, 0.6) is 0 Å². The van der Waals surface area contributed by atoms with Gasteiger partial charge in [0.05, 0.1) is 5.60 Å². The molecule has 0 aliphatic carbocycles. The summed E-state index contributed by atoms with van der Waals surface area (Å²) < 4.78 is -0.00296.